The molecule has 0 spiro atoms. The minimum absolute atomic E-state index is 0.0816. The first-order valence-electron chi connectivity index (χ1n) is 6.44. The van der Waals surface area contributed by atoms with Crippen molar-refractivity contribution in [3.63, 3.8) is 0 Å². The van der Waals surface area contributed by atoms with Crippen molar-refractivity contribution in [2.24, 2.45) is 0 Å². The molecule has 3 aromatic rings. The van der Waals surface area contributed by atoms with E-state index >= 15 is 0 Å². The van der Waals surface area contributed by atoms with Crippen LogP contribution in [0.15, 0.2) is 48.5 Å². The number of hydrogen-bond acceptors (Lipinski definition) is 4. The summed E-state index contributed by atoms with van der Waals surface area (Å²) in [5.41, 5.74) is 3.77. The van der Waals surface area contributed by atoms with E-state index < -0.39 is 0 Å². The first kappa shape index (κ1) is 13.0. The van der Waals surface area contributed by atoms with Crippen molar-refractivity contribution >= 4 is 11.6 Å². The molecule has 2 aromatic carbocycles. The highest BCUT2D eigenvalue weighted by Crippen LogP contribution is 2.25. The van der Waals surface area contributed by atoms with Crippen molar-refractivity contribution in [3.05, 3.63) is 48.5 Å². The molecule has 0 atom stereocenters. The molecule has 3 rings (SSSR count). The van der Waals surface area contributed by atoms with Gasteiger partial charge in [0, 0.05) is 18.2 Å². The fourth-order valence-corrected chi connectivity index (χ4v) is 2.07. The molecule has 0 fully saturated rings. The van der Waals surface area contributed by atoms with E-state index in [1.54, 1.807) is 0 Å². The Morgan fingerprint density at radius 2 is 1.81 bits per heavy atom. The number of H-pyrrole nitrogens is 1. The molecule has 6 nitrogen and oxygen atoms in total. The third-order valence-electron chi connectivity index (χ3n) is 3.00. The zero-order valence-electron chi connectivity index (χ0n) is 11.4. The molecule has 0 radical (unpaired) electrons. The first-order valence-corrected chi connectivity index (χ1v) is 6.44. The van der Waals surface area contributed by atoms with Crippen LogP contribution in [0.1, 0.15) is 6.92 Å². The summed E-state index contributed by atoms with van der Waals surface area (Å²) in [5.74, 6) is 0.480. The fourth-order valence-electron chi connectivity index (χ4n) is 2.07. The Kier molecular flexibility index (Phi) is 3.42. The molecule has 104 valence electrons. The number of rotatable bonds is 3. The van der Waals surface area contributed by atoms with Gasteiger partial charge in [0.1, 0.15) is 0 Å². The van der Waals surface area contributed by atoms with Crippen LogP contribution in [0.3, 0.4) is 0 Å². The Hall–Kier alpha value is -3.02. The normalized spacial score (nSPS) is 10.3. The second kappa shape index (κ2) is 5.54. The summed E-state index contributed by atoms with van der Waals surface area (Å²) in [5, 5.41) is 16.7. The summed E-state index contributed by atoms with van der Waals surface area (Å²) in [6, 6.07) is 15.6. The van der Waals surface area contributed by atoms with Crippen LogP contribution in [-0.4, -0.2) is 26.5 Å². The highest BCUT2D eigenvalue weighted by Gasteiger charge is 2.05. The van der Waals surface area contributed by atoms with Crippen LogP contribution < -0.4 is 5.32 Å². The predicted octanol–water partition coefficient (Wildman–Crippen LogP) is 2.49. The van der Waals surface area contributed by atoms with E-state index in [4.69, 9.17) is 0 Å². The maximum absolute atomic E-state index is 11.0. The van der Waals surface area contributed by atoms with Crippen LogP contribution in [0.5, 0.6) is 0 Å². The lowest BCUT2D eigenvalue weighted by molar-refractivity contribution is -0.114. The van der Waals surface area contributed by atoms with Crippen LogP contribution in [0.4, 0.5) is 5.69 Å². The lowest BCUT2D eigenvalue weighted by Gasteiger charge is -2.06. The average Bonchev–Trinajstić information content (AvgIpc) is 3.02. The highest BCUT2D eigenvalue weighted by molar-refractivity contribution is 5.89. The SMILES string of the molecule is CC(=O)Nc1ccc(-c2cccc(-c3nn[nH]n3)c2)cc1. The van der Waals surface area contributed by atoms with Gasteiger partial charge >= 0.3 is 0 Å². The number of amides is 1. The summed E-state index contributed by atoms with van der Waals surface area (Å²) in [6.45, 7) is 1.49. The zero-order chi connectivity index (χ0) is 14.7. The van der Waals surface area contributed by atoms with Crippen molar-refractivity contribution < 1.29 is 4.79 Å². The number of nitrogens with one attached hydrogen (secondary N) is 2. The van der Waals surface area contributed by atoms with Gasteiger partial charge in [0.25, 0.3) is 0 Å². The lowest BCUT2D eigenvalue weighted by atomic mass is 10.0. The third kappa shape index (κ3) is 2.94. The number of aromatic amines is 1. The second-order valence-corrected chi connectivity index (χ2v) is 4.57. The standard InChI is InChI=1S/C15H13N5O/c1-10(21)16-14-7-5-11(6-8-14)12-3-2-4-13(9-12)15-17-19-20-18-15/h2-9H,1H3,(H,16,21)(H,17,18,19,20). The van der Waals surface area contributed by atoms with Crippen molar-refractivity contribution in [2.75, 3.05) is 5.32 Å². The molecule has 1 aromatic heterocycles. The van der Waals surface area contributed by atoms with Gasteiger partial charge in [0.2, 0.25) is 11.7 Å². The van der Waals surface area contributed by atoms with Gasteiger partial charge in [0.05, 0.1) is 0 Å². The smallest absolute Gasteiger partial charge is 0.221 e. The Morgan fingerprint density at radius 3 is 2.48 bits per heavy atom. The van der Waals surface area contributed by atoms with E-state index in [1.807, 2.05) is 48.5 Å². The Balaban J connectivity index is 1.90. The Labute approximate surface area is 121 Å². The fraction of sp³-hybridized carbons (Fsp3) is 0.0667. The van der Waals surface area contributed by atoms with Gasteiger partial charge in [0.15, 0.2) is 0 Å². The predicted molar refractivity (Wildman–Crippen MR) is 79.4 cm³/mol. The van der Waals surface area contributed by atoms with Gasteiger partial charge in [-0.2, -0.15) is 5.21 Å². The molecule has 0 aliphatic carbocycles. The third-order valence-corrected chi connectivity index (χ3v) is 3.00. The monoisotopic (exact) mass is 279 g/mol. The quantitative estimate of drug-likeness (QED) is 0.771. The molecule has 0 bridgehead atoms. The van der Waals surface area contributed by atoms with Crippen LogP contribution in [0.2, 0.25) is 0 Å². The number of benzene rings is 2. The van der Waals surface area contributed by atoms with Gasteiger partial charge in [-0.1, -0.05) is 30.3 Å². The number of carbonyl (C=O) groups excluding carboxylic acids is 1. The molecule has 0 saturated heterocycles. The molecule has 0 aliphatic heterocycles. The topological polar surface area (TPSA) is 83.6 Å². The summed E-state index contributed by atoms with van der Waals surface area (Å²) in [4.78, 5) is 11.0. The van der Waals surface area contributed by atoms with E-state index in [9.17, 15) is 4.79 Å². The van der Waals surface area contributed by atoms with Crippen LogP contribution in [0, 0.1) is 0 Å². The van der Waals surface area contributed by atoms with Crippen molar-refractivity contribution in [2.45, 2.75) is 6.92 Å². The first-order chi connectivity index (χ1) is 10.2. The minimum Gasteiger partial charge on any atom is -0.326 e. The number of carbonyl (C=O) groups is 1. The maximum Gasteiger partial charge on any atom is 0.221 e. The summed E-state index contributed by atoms with van der Waals surface area (Å²) in [7, 11) is 0. The molecule has 0 unspecified atom stereocenters. The molecular weight excluding hydrogens is 266 g/mol. The van der Waals surface area contributed by atoms with Gasteiger partial charge in [-0.3, -0.25) is 4.79 Å². The number of aromatic nitrogens is 4. The molecule has 0 aliphatic rings. The van der Waals surface area contributed by atoms with E-state index in [0.717, 1.165) is 22.4 Å². The van der Waals surface area contributed by atoms with Crippen molar-refractivity contribution in [1.82, 2.24) is 20.6 Å². The molecule has 6 heteroatoms. The molecule has 2 N–H and O–H groups in total. The van der Waals surface area contributed by atoms with Gasteiger partial charge in [-0.25, -0.2) is 0 Å². The molecule has 1 amide bonds. The molecule has 21 heavy (non-hydrogen) atoms. The Morgan fingerprint density at radius 1 is 1.05 bits per heavy atom. The number of hydrogen-bond donors (Lipinski definition) is 2. The second-order valence-electron chi connectivity index (χ2n) is 4.57. The zero-order valence-corrected chi connectivity index (χ0v) is 11.4. The molecule has 0 saturated carbocycles. The minimum atomic E-state index is -0.0816. The maximum atomic E-state index is 11.0. The van der Waals surface area contributed by atoms with E-state index in [1.165, 1.54) is 6.92 Å². The summed E-state index contributed by atoms with van der Waals surface area (Å²) in [6.07, 6.45) is 0. The van der Waals surface area contributed by atoms with E-state index in [2.05, 4.69) is 25.9 Å². The summed E-state index contributed by atoms with van der Waals surface area (Å²) < 4.78 is 0. The van der Waals surface area contributed by atoms with Gasteiger partial charge in [-0.15, -0.1) is 10.2 Å². The highest BCUT2D eigenvalue weighted by atomic mass is 16.1. The lowest BCUT2D eigenvalue weighted by Crippen LogP contribution is -2.05. The molecular formula is C15H13N5O. The number of nitrogens with zero attached hydrogens (tertiary/aromatic N) is 3. The van der Waals surface area contributed by atoms with Crippen LogP contribution in [0.25, 0.3) is 22.5 Å². The van der Waals surface area contributed by atoms with Crippen molar-refractivity contribution in [1.29, 1.82) is 0 Å². The summed E-state index contributed by atoms with van der Waals surface area (Å²) >= 11 is 0. The largest absolute Gasteiger partial charge is 0.326 e. The van der Waals surface area contributed by atoms with Crippen LogP contribution >= 0.6 is 0 Å². The number of tetrazole rings is 1. The van der Waals surface area contributed by atoms with Gasteiger partial charge < -0.3 is 5.32 Å². The van der Waals surface area contributed by atoms with E-state index in [-0.39, 0.29) is 5.91 Å². The van der Waals surface area contributed by atoms with Gasteiger partial charge in [-0.05, 0) is 34.5 Å². The van der Waals surface area contributed by atoms with Crippen LogP contribution in [-0.2, 0) is 4.79 Å². The molecule has 1 heterocycles. The van der Waals surface area contributed by atoms with Crippen molar-refractivity contribution in [3.8, 4) is 22.5 Å². The van der Waals surface area contributed by atoms with E-state index in [0.29, 0.717) is 5.82 Å². The average molecular weight is 279 g/mol. The Bertz CT molecular complexity index is 750. The number of anilines is 1.